The van der Waals surface area contributed by atoms with Crippen LogP contribution in [0.3, 0.4) is 0 Å². The number of anilines is 2. The van der Waals surface area contributed by atoms with Crippen LogP contribution in [0.25, 0.3) is 22.0 Å². The van der Waals surface area contributed by atoms with Crippen LogP contribution < -0.4 is 10.6 Å². The predicted octanol–water partition coefficient (Wildman–Crippen LogP) is 5.27. The second kappa shape index (κ2) is 10.4. The molecule has 1 fully saturated rings. The summed E-state index contributed by atoms with van der Waals surface area (Å²) in [6.07, 6.45) is -1.07. The number of fused-ring (bicyclic) bond motifs is 1. The van der Waals surface area contributed by atoms with Crippen molar-refractivity contribution in [2.75, 3.05) is 36.9 Å². The van der Waals surface area contributed by atoms with Crippen LogP contribution >= 0.6 is 0 Å². The van der Waals surface area contributed by atoms with E-state index in [0.717, 1.165) is 40.8 Å². The third-order valence-electron chi connectivity index (χ3n) is 6.34. The highest BCUT2D eigenvalue weighted by Gasteiger charge is 2.31. The minimum absolute atomic E-state index is 0.375. The van der Waals surface area contributed by atoms with Crippen LogP contribution in [0.2, 0.25) is 0 Å². The van der Waals surface area contributed by atoms with Crippen LogP contribution in [0.5, 0.6) is 0 Å². The van der Waals surface area contributed by atoms with Gasteiger partial charge in [-0.1, -0.05) is 12.1 Å². The molecular weight excluding hydrogens is 504 g/mol. The number of nitrogens with zero attached hydrogens (tertiary/aromatic N) is 4. The summed E-state index contributed by atoms with van der Waals surface area (Å²) in [5.74, 6) is -0.978. The first-order valence-electron chi connectivity index (χ1n) is 11.8. The number of alkyl halides is 3. The molecule has 0 spiro atoms. The number of aryl methyl sites for hydroxylation is 1. The number of pyridine rings is 1. The number of carbonyl (C=O) groups is 1. The fourth-order valence-electron chi connectivity index (χ4n) is 4.37. The van der Waals surface area contributed by atoms with Crippen LogP contribution in [0.15, 0.2) is 54.9 Å². The topological polar surface area (TPSA) is 84.3 Å². The van der Waals surface area contributed by atoms with Crippen LogP contribution in [-0.2, 0) is 24.5 Å². The fourth-order valence-corrected chi connectivity index (χ4v) is 4.37. The van der Waals surface area contributed by atoms with E-state index in [9.17, 15) is 22.4 Å². The lowest BCUT2D eigenvalue weighted by Gasteiger charge is -2.27. The molecule has 2 aromatic carbocycles. The highest BCUT2D eigenvalue weighted by Crippen LogP contribution is 2.33. The minimum atomic E-state index is -4.66. The van der Waals surface area contributed by atoms with E-state index in [-0.39, 0.29) is 0 Å². The molecule has 3 heterocycles. The van der Waals surface area contributed by atoms with Gasteiger partial charge in [0.05, 0.1) is 48.1 Å². The molecule has 0 bridgehead atoms. The van der Waals surface area contributed by atoms with Crippen molar-refractivity contribution in [3.05, 3.63) is 71.9 Å². The maximum Gasteiger partial charge on any atom is 0.416 e. The molecule has 0 radical (unpaired) electrons. The number of morpholine rings is 1. The van der Waals surface area contributed by atoms with Crippen molar-refractivity contribution in [3.63, 3.8) is 0 Å². The summed E-state index contributed by atoms with van der Waals surface area (Å²) in [4.78, 5) is 19.4. The van der Waals surface area contributed by atoms with E-state index >= 15 is 0 Å². The normalized spacial score (nSPS) is 14.6. The Balaban J connectivity index is 1.37. The molecular formula is C26H24F4N6O2. The van der Waals surface area contributed by atoms with E-state index in [1.807, 2.05) is 19.2 Å². The van der Waals surface area contributed by atoms with Gasteiger partial charge in [0.15, 0.2) is 0 Å². The van der Waals surface area contributed by atoms with Crippen molar-refractivity contribution in [2.45, 2.75) is 12.7 Å². The first-order valence-corrected chi connectivity index (χ1v) is 11.8. The standard InChI is InChI=1S/C26H24F4N6O2/c1-35-23-14-31-22(15-36-8-10-38-11-9-36)24(19(23)13-32-35)16-2-5-18(6-3-16)33-25(37)34-21-12-17(26(28,29)30)4-7-20(21)27/h2-7,12-14H,8-11,15H2,1H3,(H2,33,34,37). The first-order chi connectivity index (χ1) is 18.2. The van der Waals surface area contributed by atoms with E-state index in [1.165, 1.54) is 0 Å². The van der Waals surface area contributed by atoms with Gasteiger partial charge in [0.1, 0.15) is 5.82 Å². The van der Waals surface area contributed by atoms with E-state index in [0.29, 0.717) is 43.6 Å². The second-order valence-corrected chi connectivity index (χ2v) is 8.88. The van der Waals surface area contributed by atoms with Crippen LogP contribution in [0.4, 0.5) is 33.7 Å². The Morgan fingerprint density at radius 1 is 1.05 bits per heavy atom. The molecule has 198 valence electrons. The lowest BCUT2D eigenvalue weighted by Crippen LogP contribution is -2.36. The molecule has 2 amide bonds. The average molecular weight is 529 g/mol. The molecule has 8 nitrogen and oxygen atoms in total. The summed E-state index contributed by atoms with van der Waals surface area (Å²) in [5.41, 5.74) is 2.26. The van der Waals surface area contributed by atoms with Gasteiger partial charge in [-0.15, -0.1) is 0 Å². The SMILES string of the molecule is Cn1ncc2c(-c3ccc(NC(=O)Nc4cc(C(F)(F)F)ccc4F)cc3)c(CN3CCOCC3)ncc21. The molecule has 0 unspecified atom stereocenters. The third kappa shape index (κ3) is 5.46. The van der Waals surface area contributed by atoms with Crippen LogP contribution in [0.1, 0.15) is 11.3 Å². The lowest BCUT2D eigenvalue weighted by molar-refractivity contribution is -0.137. The molecule has 12 heteroatoms. The van der Waals surface area contributed by atoms with Gasteiger partial charge in [0, 0.05) is 43.3 Å². The van der Waals surface area contributed by atoms with Gasteiger partial charge in [-0.2, -0.15) is 18.3 Å². The minimum Gasteiger partial charge on any atom is -0.379 e. The maximum atomic E-state index is 14.0. The van der Waals surface area contributed by atoms with E-state index in [2.05, 4.69) is 20.6 Å². The number of benzene rings is 2. The molecule has 38 heavy (non-hydrogen) atoms. The zero-order valence-electron chi connectivity index (χ0n) is 20.3. The van der Waals surface area contributed by atoms with Crippen molar-refractivity contribution >= 4 is 28.3 Å². The predicted molar refractivity (Wildman–Crippen MR) is 134 cm³/mol. The van der Waals surface area contributed by atoms with Gasteiger partial charge in [-0.25, -0.2) is 9.18 Å². The first kappa shape index (κ1) is 25.6. The molecule has 1 saturated heterocycles. The number of carbonyl (C=O) groups excluding carboxylic acids is 1. The average Bonchev–Trinajstić information content (AvgIpc) is 3.26. The van der Waals surface area contributed by atoms with Crippen molar-refractivity contribution in [1.82, 2.24) is 19.7 Å². The van der Waals surface area contributed by atoms with Crippen LogP contribution in [0, 0.1) is 5.82 Å². The molecule has 4 aromatic rings. The van der Waals surface area contributed by atoms with Gasteiger partial charge < -0.3 is 15.4 Å². The number of aromatic nitrogens is 3. The Bertz CT molecular complexity index is 1460. The quantitative estimate of drug-likeness (QED) is 0.345. The smallest absolute Gasteiger partial charge is 0.379 e. The Kier molecular flexibility index (Phi) is 7.00. The Labute approximate surface area is 215 Å². The molecule has 1 aliphatic rings. The summed E-state index contributed by atoms with van der Waals surface area (Å²) in [5, 5.41) is 9.97. The Hall–Kier alpha value is -4.03. The van der Waals surface area contributed by atoms with Crippen molar-refractivity contribution in [2.24, 2.45) is 7.05 Å². The molecule has 0 saturated carbocycles. The zero-order chi connectivity index (χ0) is 26.9. The fraction of sp³-hybridized carbons (Fsp3) is 0.269. The van der Waals surface area contributed by atoms with E-state index in [1.54, 1.807) is 29.2 Å². The van der Waals surface area contributed by atoms with Crippen molar-refractivity contribution in [1.29, 1.82) is 0 Å². The number of nitrogens with one attached hydrogen (secondary N) is 2. The number of hydrogen-bond donors (Lipinski definition) is 2. The highest BCUT2D eigenvalue weighted by atomic mass is 19.4. The number of amides is 2. The number of halogens is 4. The van der Waals surface area contributed by atoms with Gasteiger partial charge in [0.25, 0.3) is 0 Å². The van der Waals surface area contributed by atoms with Crippen LogP contribution in [-0.4, -0.2) is 52.0 Å². The largest absolute Gasteiger partial charge is 0.416 e. The number of urea groups is 1. The lowest BCUT2D eigenvalue weighted by atomic mass is 9.99. The van der Waals surface area contributed by atoms with Gasteiger partial charge in [-0.3, -0.25) is 14.6 Å². The van der Waals surface area contributed by atoms with Gasteiger partial charge >= 0.3 is 12.2 Å². The molecule has 5 rings (SSSR count). The molecule has 0 atom stereocenters. The Morgan fingerprint density at radius 2 is 1.79 bits per heavy atom. The molecule has 2 N–H and O–H groups in total. The van der Waals surface area contributed by atoms with Gasteiger partial charge in [0.2, 0.25) is 0 Å². The molecule has 2 aromatic heterocycles. The second-order valence-electron chi connectivity index (χ2n) is 8.88. The monoisotopic (exact) mass is 528 g/mol. The van der Waals surface area contributed by atoms with E-state index in [4.69, 9.17) is 9.72 Å². The molecule has 1 aliphatic heterocycles. The van der Waals surface area contributed by atoms with E-state index < -0.39 is 29.3 Å². The Morgan fingerprint density at radius 3 is 2.50 bits per heavy atom. The third-order valence-corrected chi connectivity index (χ3v) is 6.34. The molecule has 0 aliphatic carbocycles. The maximum absolute atomic E-state index is 14.0. The zero-order valence-corrected chi connectivity index (χ0v) is 20.3. The summed E-state index contributed by atoms with van der Waals surface area (Å²) in [6.45, 7) is 3.57. The number of hydrogen-bond acceptors (Lipinski definition) is 5. The summed E-state index contributed by atoms with van der Waals surface area (Å²) in [6, 6.07) is 7.89. The highest BCUT2D eigenvalue weighted by molar-refractivity contribution is 6.00. The van der Waals surface area contributed by atoms with Gasteiger partial charge in [-0.05, 0) is 35.9 Å². The number of ether oxygens (including phenoxy) is 1. The summed E-state index contributed by atoms with van der Waals surface area (Å²) < 4.78 is 60.1. The summed E-state index contributed by atoms with van der Waals surface area (Å²) in [7, 11) is 1.84. The number of rotatable bonds is 5. The summed E-state index contributed by atoms with van der Waals surface area (Å²) >= 11 is 0. The van der Waals surface area contributed by atoms with Crippen molar-refractivity contribution < 1.29 is 27.1 Å². The van der Waals surface area contributed by atoms with Crippen molar-refractivity contribution in [3.8, 4) is 11.1 Å².